The van der Waals surface area contributed by atoms with E-state index in [9.17, 15) is 9.59 Å². The lowest BCUT2D eigenvalue weighted by Gasteiger charge is -2.15. The van der Waals surface area contributed by atoms with Crippen LogP contribution in [0.5, 0.6) is 0 Å². The summed E-state index contributed by atoms with van der Waals surface area (Å²) in [5.41, 5.74) is 2.19. The molecule has 6 nitrogen and oxygen atoms in total. The molecule has 2 heterocycles. The number of benzene rings is 1. The van der Waals surface area contributed by atoms with Gasteiger partial charge >= 0.3 is 0 Å². The van der Waals surface area contributed by atoms with Crippen molar-refractivity contribution in [1.29, 1.82) is 0 Å². The predicted molar refractivity (Wildman–Crippen MR) is 107 cm³/mol. The van der Waals surface area contributed by atoms with Crippen molar-refractivity contribution in [3.05, 3.63) is 75.8 Å². The molecule has 0 unspecified atom stereocenters. The van der Waals surface area contributed by atoms with Gasteiger partial charge in [-0.3, -0.25) is 14.3 Å². The first-order valence-corrected chi connectivity index (χ1v) is 9.00. The first kappa shape index (κ1) is 18.6. The third kappa shape index (κ3) is 3.84. The van der Waals surface area contributed by atoms with Crippen LogP contribution in [0.25, 0.3) is 5.69 Å². The van der Waals surface area contributed by atoms with Gasteiger partial charge in [-0.2, -0.15) is 0 Å². The van der Waals surface area contributed by atoms with Gasteiger partial charge in [-0.1, -0.05) is 38.1 Å². The highest BCUT2D eigenvalue weighted by atomic mass is 16.2. The molecule has 0 bridgehead atoms. The van der Waals surface area contributed by atoms with E-state index in [1.165, 1.54) is 0 Å². The summed E-state index contributed by atoms with van der Waals surface area (Å²) in [7, 11) is 0. The summed E-state index contributed by atoms with van der Waals surface area (Å²) in [5, 5.41) is 2.74. The van der Waals surface area contributed by atoms with Crippen LogP contribution >= 0.6 is 0 Å². The average molecular weight is 364 g/mol. The van der Waals surface area contributed by atoms with Crippen molar-refractivity contribution in [1.82, 2.24) is 14.3 Å². The molecule has 3 rings (SSSR count). The van der Waals surface area contributed by atoms with Crippen LogP contribution in [0.4, 0.5) is 5.82 Å². The van der Waals surface area contributed by atoms with Gasteiger partial charge in [0.15, 0.2) is 0 Å². The Morgan fingerprint density at radius 1 is 1.11 bits per heavy atom. The molecule has 0 atom stereocenters. The van der Waals surface area contributed by atoms with Gasteiger partial charge < -0.3 is 5.32 Å². The highest BCUT2D eigenvalue weighted by molar-refractivity contribution is 6.04. The van der Waals surface area contributed by atoms with E-state index >= 15 is 0 Å². The van der Waals surface area contributed by atoms with E-state index in [0.29, 0.717) is 24.0 Å². The maximum absolute atomic E-state index is 13.1. The Balaban J connectivity index is 2.07. The number of para-hydroxylation sites is 1. The molecule has 1 N–H and O–H groups in total. The Kier molecular flexibility index (Phi) is 5.26. The van der Waals surface area contributed by atoms with Crippen LogP contribution in [0.15, 0.2) is 53.5 Å². The van der Waals surface area contributed by atoms with Crippen molar-refractivity contribution in [2.75, 3.05) is 5.32 Å². The molecule has 140 valence electrons. The second-order valence-electron chi connectivity index (χ2n) is 7.06. The largest absolute Gasteiger partial charge is 0.306 e. The Bertz CT molecular complexity index is 999. The lowest BCUT2D eigenvalue weighted by Crippen LogP contribution is -2.26. The van der Waals surface area contributed by atoms with E-state index < -0.39 is 5.91 Å². The third-order valence-electron chi connectivity index (χ3n) is 4.32. The van der Waals surface area contributed by atoms with Crippen molar-refractivity contribution in [3.63, 3.8) is 0 Å². The van der Waals surface area contributed by atoms with Gasteiger partial charge in [-0.25, -0.2) is 9.67 Å². The van der Waals surface area contributed by atoms with Crippen molar-refractivity contribution in [3.8, 4) is 5.69 Å². The van der Waals surface area contributed by atoms with Crippen molar-refractivity contribution < 1.29 is 4.79 Å². The highest BCUT2D eigenvalue weighted by Crippen LogP contribution is 2.15. The molecule has 0 aliphatic heterocycles. The van der Waals surface area contributed by atoms with Crippen LogP contribution in [0.1, 0.15) is 35.5 Å². The van der Waals surface area contributed by atoms with Gasteiger partial charge in [0.05, 0.1) is 11.4 Å². The van der Waals surface area contributed by atoms with Crippen LogP contribution < -0.4 is 10.9 Å². The topological polar surface area (TPSA) is 68.9 Å². The number of amides is 1. The van der Waals surface area contributed by atoms with Crippen LogP contribution in [0.2, 0.25) is 0 Å². The van der Waals surface area contributed by atoms with Crippen LogP contribution in [0, 0.1) is 19.8 Å². The lowest BCUT2D eigenvalue weighted by molar-refractivity contribution is 0.102. The fourth-order valence-corrected chi connectivity index (χ4v) is 3.02. The standard InChI is InChI=1S/C21H24N4O2/c1-14(2)13-24-16(4)19(20(26)23-18-11-10-15(3)12-22-18)21(27)25(24)17-8-6-5-7-9-17/h5-12,14H,13H2,1-4H3,(H,22,23,26). The number of aromatic nitrogens is 3. The molecule has 0 aliphatic rings. The van der Waals surface area contributed by atoms with Crippen LogP contribution in [-0.2, 0) is 6.54 Å². The molecule has 6 heteroatoms. The monoisotopic (exact) mass is 364 g/mol. The Hall–Kier alpha value is -3.15. The quantitative estimate of drug-likeness (QED) is 0.753. The van der Waals surface area contributed by atoms with Crippen molar-refractivity contribution >= 4 is 11.7 Å². The summed E-state index contributed by atoms with van der Waals surface area (Å²) in [6, 6.07) is 13.0. The summed E-state index contributed by atoms with van der Waals surface area (Å²) in [6.07, 6.45) is 1.68. The first-order valence-electron chi connectivity index (χ1n) is 9.00. The number of hydrogen-bond donors (Lipinski definition) is 1. The normalized spacial score (nSPS) is 11.0. The van der Waals surface area contributed by atoms with Gasteiger partial charge in [-0.05, 0) is 43.5 Å². The zero-order chi connectivity index (χ0) is 19.6. The molecule has 3 aromatic rings. The van der Waals surface area contributed by atoms with E-state index in [0.717, 1.165) is 11.3 Å². The summed E-state index contributed by atoms with van der Waals surface area (Å²) in [4.78, 5) is 30.2. The molecular weight excluding hydrogens is 340 g/mol. The first-order chi connectivity index (χ1) is 12.9. The minimum absolute atomic E-state index is 0.141. The molecule has 0 aliphatic carbocycles. The summed E-state index contributed by atoms with van der Waals surface area (Å²) < 4.78 is 3.45. The van der Waals surface area contributed by atoms with E-state index in [1.54, 1.807) is 23.9 Å². The van der Waals surface area contributed by atoms with E-state index in [1.807, 2.05) is 48.0 Å². The fourth-order valence-electron chi connectivity index (χ4n) is 3.02. The molecule has 0 fully saturated rings. The number of carbonyl (C=O) groups excluding carboxylic acids is 1. The van der Waals surface area contributed by atoms with E-state index in [2.05, 4.69) is 24.1 Å². The molecule has 0 saturated heterocycles. The van der Waals surface area contributed by atoms with Gasteiger partial charge in [0.1, 0.15) is 11.4 Å². The second kappa shape index (κ2) is 7.61. The number of aryl methyl sites for hydroxylation is 1. The highest BCUT2D eigenvalue weighted by Gasteiger charge is 2.24. The van der Waals surface area contributed by atoms with Gasteiger partial charge in [-0.15, -0.1) is 0 Å². The Morgan fingerprint density at radius 2 is 1.81 bits per heavy atom. The molecule has 0 spiro atoms. The van der Waals surface area contributed by atoms with Crippen LogP contribution in [-0.4, -0.2) is 20.3 Å². The molecule has 2 aromatic heterocycles. The Labute approximate surface area is 158 Å². The molecule has 1 amide bonds. The number of nitrogens with zero attached hydrogens (tertiary/aromatic N) is 3. The van der Waals surface area contributed by atoms with Crippen molar-refractivity contribution in [2.24, 2.45) is 5.92 Å². The van der Waals surface area contributed by atoms with E-state index in [4.69, 9.17) is 0 Å². The van der Waals surface area contributed by atoms with Gasteiger partial charge in [0.2, 0.25) is 0 Å². The summed E-state index contributed by atoms with van der Waals surface area (Å²) >= 11 is 0. The fraction of sp³-hybridized carbons (Fsp3) is 0.286. The molecular formula is C21H24N4O2. The number of nitrogens with one attached hydrogen (secondary N) is 1. The summed E-state index contributed by atoms with van der Waals surface area (Å²) in [5.74, 6) is 0.299. The second-order valence-corrected chi connectivity index (χ2v) is 7.06. The molecule has 0 radical (unpaired) electrons. The molecule has 27 heavy (non-hydrogen) atoms. The molecule has 0 saturated carbocycles. The maximum Gasteiger partial charge on any atom is 0.284 e. The zero-order valence-corrected chi connectivity index (χ0v) is 16.1. The van der Waals surface area contributed by atoms with Crippen LogP contribution in [0.3, 0.4) is 0 Å². The zero-order valence-electron chi connectivity index (χ0n) is 16.1. The van der Waals surface area contributed by atoms with E-state index in [-0.39, 0.29) is 11.1 Å². The summed E-state index contributed by atoms with van der Waals surface area (Å²) in [6.45, 7) is 8.52. The smallest absolute Gasteiger partial charge is 0.284 e. The average Bonchev–Trinajstić information content (AvgIpc) is 2.87. The maximum atomic E-state index is 13.1. The minimum Gasteiger partial charge on any atom is -0.306 e. The third-order valence-corrected chi connectivity index (χ3v) is 4.32. The number of hydrogen-bond acceptors (Lipinski definition) is 3. The minimum atomic E-state index is -0.443. The number of anilines is 1. The van der Waals surface area contributed by atoms with Crippen molar-refractivity contribution in [2.45, 2.75) is 34.2 Å². The molecule has 1 aromatic carbocycles. The number of pyridine rings is 1. The van der Waals surface area contributed by atoms with Gasteiger partial charge in [0.25, 0.3) is 11.5 Å². The Morgan fingerprint density at radius 3 is 2.41 bits per heavy atom. The lowest BCUT2D eigenvalue weighted by atomic mass is 10.2. The SMILES string of the molecule is Cc1ccc(NC(=O)c2c(C)n(CC(C)C)n(-c3ccccc3)c2=O)nc1. The number of carbonyl (C=O) groups is 1. The number of rotatable bonds is 5. The van der Waals surface area contributed by atoms with Gasteiger partial charge in [0, 0.05) is 12.7 Å². The predicted octanol–water partition coefficient (Wildman–Crippen LogP) is 3.56.